The average Bonchev–Trinajstić information content (AvgIpc) is 3.00. The fourth-order valence-corrected chi connectivity index (χ4v) is 5.93. The van der Waals surface area contributed by atoms with E-state index in [9.17, 15) is 19.5 Å². The average molecular weight is 433 g/mol. The van der Waals surface area contributed by atoms with Crippen LogP contribution in [0.2, 0.25) is 0 Å². The van der Waals surface area contributed by atoms with Gasteiger partial charge in [-0.1, -0.05) is 38.5 Å². The van der Waals surface area contributed by atoms with Crippen molar-refractivity contribution in [3.63, 3.8) is 0 Å². The molecule has 0 aromatic rings. The first-order valence-electron chi connectivity index (χ1n) is 11.3. The molecule has 0 aromatic heterocycles. The molecule has 8 heteroatoms. The number of fused-ring (bicyclic) bond motifs is 2. The van der Waals surface area contributed by atoms with Crippen molar-refractivity contribution in [1.29, 1.82) is 0 Å². The summed E-state index contributed by atoms with van der Waals surface area (Å²) in [5.74, 6) is -2.73. The number of esters is 1. The van der Waals surface area contributed by atoms with Crippen LogP contribution in [-0.4, -0.2) is 82.3 Å². The fourth-order valence-electron chi connectivity index (χ4n) is 5.93. The van der Waals surface area contributed by atoms with Gasteiger partial charge in [-0.15, -0.1) is 0 Å². The molecule has 2 fully saturated rings. The zero-order valence-corrected chi connectivity index (χ0v) is 18.5. The van der Waals surface area contributed by atoms with E-state index in [-0.39, 0.29) is 37.6 Å². The SMILES string of the molecule is CCCC(C)N1CC=C[C@]23O[C@]4(CC)C=CCOC(=O)[C@@H]4[C@H]2C(=O)N(CCO)C3C1=O. The molecule has 8 nitrogen and oxygen atoms in total. The number of nitrogens with zero attached hydrogens (tertiary/aromatic N) is 2. The van der Waals surface area contributed by atoms with Gasteiger partial charge in [-0.3, -0.25) is 14.4 Å². The molecule has 2 saturated heterocycles. The third-order valence-corrected chi connectivity index (χ3v) is 7.31. The molecule has 6 atom stereocenters. The second-order valence-electron chi connectivity index (χ2n) is 8.94. The molecule has 31 heavy (non-hydrogen) atoms. The lowest BCUT2D eigenvalue weighted by molar-refractivity contribution is -0.160. The molecule has 2 amide bonds. The largest absolute Gasteiger partial charge is 0.461 e. The molecule has 0 aromatic carbocycles. The number of hydrogen-bond acceptors (Lipinski definition) is 6. The molecule has 4 aliphatic heterocycles. The minimum atomic E-state index is -1.27. The summed E-state index contributed by atoms with van der Waals surface area (Å²) < 4.78 is 12.1. The van der Waals surface area contributed by atoms with E-state index < -0.39 is 35.0 Å². The van der Waals surface area contributed by atoms with Crippen molar-refractivity contribution in [1.82, 2.24) is 9.80 Å². The Hall–Kier alpha value is -2.19. The van der Waals surface area contributed by atoms with Crippen LogP contribution in [0.25, 0.3) is 0 Å². The zero-order chi connectivity index (χ0) is 22.4. The molecule has 0 aliphatic carbocycles. The van der Waals surface area contributed by atoms with Crippen molar-refractivity contribution in [3.05, 3.63) is 24.3 Å². The Morgan fingerprint density at radius 2 is 1.94 bits per heavy atom. The number of carbonyl (C=O) groups is 3. The molecule has 4 rings (SSSR count). The third-order valence-electron chi connectivity index (χ3n) is 7.31. The Kier molecular flexibility index (Phi) is 5.72. The van der Waals surface area contributed by atoms with Crippen LogP contribution in [0.3, 0.4) is 0 Å². The van der Waals surface area contributed by atoms with E-state index in [0.29, 0.717) is 13.0 Å². The number of aliphatic hydroxyl groups excluding tert-OH is 1. The second kappa shape index (κ2) is 8.06. The lowest BCUT2D eigenvalue weighted by atomic mass is 9.73. The number of likely N-dealkylation sites (tertiary alicyclic amines) is 1. The van der Waals surface area contributed by atoms with Crippen molar-refractivity contribution in [2.24, 2.45) is 11.8 Å². The molecule has 0 radical (unpaired) electrons. The van der Waals surface area contributed by atoms with Gasteiger partial charge in [0.25, 0.3) is 0 Å². The molecule has 1 N–H and O–H groups in total. The fraction of sp³-hybridized carbons (Fsp3) is 0.696. The van der Waals surface area contributed by atoms with Crippen LogP contribution in [0, 0.1) is 11.8 Å². The van der Waals surface area contributed by atoms with E-state index >= 15 is 0 Å². The summed E-state index contributed by atoms with van der Waals surface area (Å²) in [6.45, 7) is 6.27. The Balaban J connectivity index is 1.86. The summed E-state index contributed by atoms with van der Waals surface area (Å²) in [5.41, 5.74) is -2.28. The molecule has 4 heterocycles. The summed E-state index contributed by atoms with van der Waals surface area (Å²) >= 11 is 0. The number of ether oxygens (including phenoxy) is 2. The van der Waals surface area contributed by atoms with E-state index in [1.807, 2.05) is 32.1 Å². The number of hydrogen-bond donors (Lipinski definition) is 1. The Labute approximate surface area is 182 Å². The maximum Gasteiger partial charge on any atom is 0.313 e. The smallest absolute Gasteiger partial charge is 0.313 e. The van der Waals surface area contributed by atoms with Crippen LogP contribution >= 0.6 is 0 Å². The van der Waals surface area contributed by atoms with Crippen LogP contribution in [0.4, 0.5) is 0 Å². The summed E-state index contributed by atoms with van der Waals surface area (Å²) in [6, 6.07) is -0.925. The first-order chi connectivity index (χ1) is 14.9. The molecule has 4 aliphatic rings. The minimum absolute atomic E-state index is 0.000643. The highest BCUT2D eigenvalue weighted by Gasteiger charge is 2.75. The van der Waals surface area contributed by atoms with Crippen LogP contribution in [0.5, 0.6) is 0 Å². The standard InChI is InChI=1S/C23H32N2O6/c1-4-8-15(3)24-11-6-10-23-16(19(27)25(12-13-26)18(23)20(24)28)17-21(29)30-14-7-9-22(17,5-2)31-23/h6-7,9-10,15-18,26H,4-5,8,11-14H2,1-3H3/t15?,16-,17-,18?,22+,23-/m0/s1. The monoisotopic (exact) mass is 432 g/mol. The van der Waals surface area contributed by atoms with Crippen molar-refractivity contribution < 1.29 is 29.0 Å². The predicted molar refractivity (Wildman–Crippen MR) is 112 cm³/mol. The molecule has 2 unspecified atom stereocenters. The molecule has 0 saturated carbocycles. The number of amides is 2. The quantitative estimate of drug-likeness (QED) is 0.498. The third kappa shape index (κ3) is 3.06. The van der Waals surface area contributed by atoms with Crippen LogP contribution < -0.4 is 0 Å². The summed E-state index contributed by atoms with van der Waals surface area (Å²) in [7, 11) is 0. The lowest BCUT2D eigenvalue weighted by Gasteiger charge is -2.39. The first-order valence-corrected chi connectivity index (χ1v) is 11.3. The van der Waals surface area contributed by atoms with Gasteiger partial charge in [0.2, 0.25) is 11.8 Å². The van der Waals surface area contributed by atoms with Gasteiger partial charge in [0, 0.05) is 19.1 Å². The van der Waals surface area contributed by atoms with E-state index in [0.717, 1.165) is 12.8 Å². The minimum Gasteiger partial charge on any atom is -0.461 e. The highest BCUT2D eigenvalue weighted by atomic mass is 16.6. The van der Waals surface area contributed by atoms with Gasteiger partial charge < -0.3 is 24.4 Å². The van der Waals surface area contributed by atoms with Crippen molar-refractivity contribution in [2.45, 2.75) is 63.3 Å². The Morgan fingerprint density at radius 1 is 1.16 bits per heavy atom. The summed E-state index contributed by atoms with van der Waals surface area (Å²) in [5, 5.41) is 9.66. The van der Waals surface area contributed by atoms with Gasteiger partial charge in [-0.2, -0.15) is 0 Å². The number of cyclic esters (lactones) is 1. The second-order valence-corrected chi connectivity index (χ2v) is 8.94. The normalized spacial score (nSPS) is 37.8. The highest BCUT2D eigenvalue weighted by Crippen LogP contribution is 2.58. The molecular formula is C23H32N2O6. The van der Waals surface area contributed by atoms with E-state index in [1.165, 1.54) is 4.90 Å². The van der Waals surface area contributed by atoms with Gasteiger partial charge >= 0.3 is 5.97 Å². The molecule has 170 valence electrons. The molecular weight excluding hydrogens is 400 g/mol. The lowest BCUT2D eigenvalue weighted by Crippen LogP contribution is -2.57. The maximum atomic E-state index is 13.9. The van der Waals surface area contributed by atoms with Crippen molar-refractivity contribution >= 4 is 17.8 Å². The van der Waals surface area contributed by atoms with Crippen LogP contribution in [0.1, 0.15) is 40.0 Å². The first kappa shape index (κ1) is 22.0. The molecule has 0 bridgehead atoms. The number of rotatable bonds is 6. The number of aliphatic hydroxyl groups is 1. The van der Waals surface area contributed by atoms with Gasteiger partial charge in [0.1, 0.15) is 29.8 Å². The zero-order valence-electron chi connectivity index (χ0n) is 18.5. The highest BCUT2D eigenvalue weighted by molar-refractivity contribution is 5.99. The topological polar surface area (TPSA) is 96.4 Å². The van der Waals surface area contributed by atoms with Crippen molar-refractivity contribution in [2.75, 3.05) is 26.3 Å². The number of β-amino-alcohol motifs (C(OH)–C–C–N with tert-alkyl or cyclic N) is 1. The van der Waals surface area contributed by atoms with Crippen molar-refractivity contribution in [3.8, 4) is 0 Å². The van der Waals surface area contributed by atoms with Gasteiger partial charge in [-0.05, 0) is 25.8 Å². The summed E-state index contributed by atoms with van der Waals surface area (Å²) in [4.78, 5) is 43.7. The Bertz CT molecular complexity index is 825. The molecule has 1 spiro atoms. The van der Waals surface area contributed by atoms with E-state index in [1.54, 1.807) is 11.0 Å². The van der Waals surface area contributed by atoms with Gasteiger partial charge in [-0.25, -0.2) is 0 Å². The van der Waals surface area contributed by atoms with E-state index in [2.05, 4.69) is 6.92 Å². The van der Waals surface area contributed by atoms with Crippen LogP contribution in [-0.2, 0) is 23.9 Å². The predicted octanol–water partition coefficient (Wildman–Crippen LogP) is 1.04. The van der Waals surface area contributed by atoms with Crippen LogP contribution in [0.15, 0.2) is 24.3 Å². The summed E-state index contributed by atoms with van der Waals surface area (Å²) in [6.07, 6.45) is 9.53. The van der Waals surface area contributed by atoms with Gasteiger partial charge in [0.05, 0.1) is 12.5 Å². The van der Waals surface area contributed by atoms with E-state index in [4.69, 9.17) is 9.47 Å². The number of carbonyl (C=O) groups excluding carboxylic acids is 3. The maximum absolute atomic E-state index is 13.9. The Morgan fingerprint density at radius 3 is 2.61 bits per heavy atom. The van der Waals surface area contributed by atoms with Gasteiger partial charge in [0.15, 0.2) is 0 Å².